The summed E-state index contributed by atoms with van der Waals surface area (Å²) < 4.78 is 37.2. The number of rotatable bonds is 7. The van der Waals surface area contributed by atoms with Crippen molar-refractivity contribution in [2.24, 2.45) is 0 Å². The number of unbranched alkanes of at least 4 members (excludes halogenated alkanes) is 1. The van der Waals surface area contributed by atoms with Crippen molar-refractivity contribution in [1.29, 1.82) is 0 Å². The lowest BCUT2D eigenvalue weighted by molar-refractivity contribution is -0.137. The zero-order valence-electron chi connectivity index (χ0n) is 12.3. The molecule has 0 fully saturated rings. The molecular formula is C15H23F3N2. The summed E-state index contributed by atoms with van der Waals surface area (Å²) in [6.07, 6.45) is -2.19. The van der Waals surface area contributed by atoms with Gasteiger partial charge in [-0.15, -0.1) is 0 Å². The van der Waals surface area contributed by atoms with Gasteiger partial charge in [0, 0.05) is 18.3 Å². The van der Waals surface area contributed by atoms with E-state index in [4.69, 9.17) is 0 Å². The minimum absolute atomic E-state index is 0.540. The van der Waals surface area contributed by atoms with Gasteiger partial charge in [-0.25, -0.2) is 0 Å². The summed E-state index contributed by atoms with van der Waals surface area (Å²) in [4.78, 5) is 2.28. The van der Waals surface area contributed by atoms with Gasteiger partial charge in [0.05, 0.1) is 5.56 Å². The van der Waals surface area contributed by atoms with E-state index in [0.29, 0.717) is 6.04 Å². The lowest BCUT2D eigenvalue weighted by Crippen LogP contribution is -2.27. The van der Waals surface area contributed by atoms with Gasteiger partial charge >= 0.3 is 6.18 Å². The molecule has 20 heavy (non-hydrogen) atoms. The van der Waals surface area contributed by atoms with Crippen LogP contribution in [0.15, 0.2) is 24.3 Å². The smallest absolute Gasteiger partial charge is 0.385 e. The fraction of sp³-hybridized carbons (Fsp3) is 0.600. The molecule has 0 aliphatic carbocycles. The Morgan fingerprint density at radius 3 is 2.20 bits per heavy atom. The van der Waals surface area contributed by atoms with Crippen molar-refractivity contribution in [2.45, 2.75) is 38.9 Å². The van der Waals surface area contributed by atoms with Gasteiger partial charge in [-0.1, -0.05) is 0 Å². The summed E-state index contributed by atoms with van der Waals surface area (Å²) >= 11 is 0. The maximum absolute atomic E-state index is 12.4. The Morgan fingerprint density at radius 2 is 1.70 bits per heavy atom. The molecule has 0 unspecified atom stereocenters. The summed E-state index contributed by atoms with van der Waals surface area (Å²) in [6, 6.07) is 5.70. The first-order chi connectivity index (χ1) is 9.30. The molecular weight excluding hydrogens is 265 g/mol. The van der Waals surface area contributed by atoms with Gasteiger partial charge in [-0.2, -0.15) is 13.2 Å². The highest BCUT2D eigenvalue weighted by molar-refractivity contribution is 5.44. The molecule has 0 aliphatic rings. The number of hydrogen-bond donors (Lipinski definition) is 1. The van der Waals surface area contributed by atoms with Gasteiger partial charge in [0.15, 0.2) is 0 Å². The van der Waals surface area contributed by atoms with Gasteiger partial charge in [-0.05, 0) is 64.5 Å². The molecule has 0 aromatic heterocycles. The van der Waals surface area contributed by atoms with Crippen LogP contribution in [0.25, 0.3) is 0 Å². The zero-order valence-corrected chi connectivity index (χ0v) is 12.3. The van der Waals surface area contributed by atoms with E-state index in [9.17, 15) is 13.2 Å². The standard InChI is InChI=1S/C15H23F3N2/c1-12(2)20(3)11-5-4-10-19-14-8-6-13(7-9-14)15(16,17)18/h6-9,12,19H,4-5,10-11H2,1-3H3. The largest absolute Gasteiger partial charge is 0.416 e. The lowest BCUT2D eigenvalue weighted by atomic mass is 10.2. The molecule has 2 nitrogen and oxygen atoms in total. The summed E-state index contributed by atoms with van der Waals surface area (Å²) in [7, 11) is 2.09. The highest BCUT2D eigenvalue weighted by Gasteiger charge is 2.29. The van der Waals surface area contributed by atoms with E-state index in [1.807, 2.05) is 0 Å². The van der Waals surface area contributed by atoms with Crippen LogP contribution < -0.4 is 5.32 Å². The molecule has 0 radical (unpaired) electrons. The summed E-state index contributed by atoms with van der Waals surface area (Å²) in [5, 5.41) is 3.14. The molecule has 0 heterocycles. The zero-order chi connectivity index (χ0) is 15.2. The maximum atomic E-state index is 12.4. The van der Waals surface area contributed by atoms with E-state index in [2.05, 4.69) is 31.1 Å². The molecule has 1 aromatic rings. The molecule has 0 spiro atoms. The van der Waals surface area contributed by atoms with Gasteiger partial charge < -0.3 is 10.2 Å². The van der Waals surface area contributed by atoms with E-state index in [-0.39, 0.29) is 0 Å². The molecule has 0 saturated carbocycles. The third-order valence-corrected chi connectivity index (χ3v) is 3.36. The number of halogens is 3. The molecule has 0 atom stereocenters. The molecule has 0 aliphatic heterocycles. The predicted molar refractivity (Wildman–Crippen MR) is 76.9 cm³/mol. The van der Waals surface area contributed by atoms with Crippen LogP contribution in [0.4, 0.5) is 18.9 Å². The van der Waals surface area contributed by atoms with Crippen LogP contribution in [0.3, 0.4) is 0 Å². The van der Waals surface area contributed by atoms with Crippen LogP contribution >= 0.6 is 0 Å². The van der Waals surface area contributed by atoms with Crippen molar-refractivity contribution >= 4 is 5.69 Å². The molecule has 1 aromatic carbocycles. The maximum Gasteiger partial charge on any atom is 0.416 e. The highest BCUT2D eigenvalue weighted by Crippen LogP contribution is 2.29. The summed E-state index contributed by atoms with van der Waals surface area (Å²) in [6.45, 7) is 6.12. The van der Waals surface area contributed by atoms with Crippen LogP contribution in [-0.4, -0.2) is 31.1 Å². The monoisotopic (exact) mass is 288 g/mol. The number of nitrogens with one attached hydrogen (secondary N) is 1. The first-order valence-corrected chi connectivity index (χ1v) is 6.92. The molecule has 0 bridgehead atoms. The molecule has 114 valence electrons. The van der Waals surface area contributed by atoms with Crippen LogP contribution in [0.2, 0.25) is 0 Å². The second-order valence-electron chi connectivity index (χ2n) is 5.28. The van der Waals surface area contributed by atoms with E-state index in [0.717, 1.165) is 43.8 Å². The minimum atomic E-state index is -4.26. The topological polar surface area (TPSA) is 15.3 Å². The third kappa shape index (κ3) is 5.82. The van der Waals surface area contributed by atoms with Crippen LogP contribution in [-0.2, 0) is 6.18 Å². The molecule has 1 rings (SSSR count). The van der Waals surface area contributed by atoms with Crippen LogP contribution in [0.5, 0.6) is 0 Å². The average Bonchev–Trinajstić information content (AvgIpc) is 2.37. The summed E-state index contributed by atoms with van der Waals surface area (Å²) in [5.74, 6) is 0. The summed E-state index contributed by atoms with van der Waals surface area (Å²) in [5.41, 5.74) is 0.122. The van der Waals surface area contributed by atoms with Crippen molar-refractivity contribution < 1.29 is 13.2 Å². The SMILES string of the molecule is CC(C)N(C)CCCCNc1ccc(C(F)(F)F)cc1. The van der Waals surface area contributed by atoms with Crippen LogP contribution in [0, 0.1) is 0 Å². The Morgan fingerprint density at radius 1 is 1.10 bits per heavy atom. The van der Waals surface area contributed by atoms with Gasteiger partial charge in [-0.3, -0.25) is 0 Å². The van der Waals surface area contributed by atoms with Crippen molar-refractivity contribution in [2.75, 3.05) is 25.5 Å². The molecule has 5 heteroatoms. The first-order valence-electron chi connectivity index (χ1n) is 6.92. The van der Waals surface area contributed by atoms with Gasteiger partial charge in [0.25, 0.3) is 0 Å². The van der Waals surface area contributed by atoms with Crippen molar-refractivity contribution in [1.82, 2.24) is 4.90 Å². The van der Waals surface area contributed by atoms with E-state index in [1.54, 1.807) is 0 Å². The van der Waals surface area contributed by atoms with Crippen molar-refractivity contribution in [3.8, 4) is 0 Å². The predicted octanol–water partition coefficient (Wildman–Crippen LogP) is 4.24. The van der Waals surface area contributed by atoms with Crippen LogP contribution in [0.1, 0.15) is 32.3 Å². The van der Waals surface area contributed by atoms with E-state index < -0.39 is 11.7 Å². The minimum Gasteiger partial charge on any atom is -0.385 e. The fourth-order valence-corrected chi connectivity index (χ4v) is 1.75. The number of anilines is 1. The van der Waals surface area contributed by atoms with Crippen molar-refractivity contribution in [3.05, 3.63) is 29.8 Å². The quantitative estimate of drug-likeness (QED) is 0.755. The van der Waals surface area contributed by atoms with E-state index >= 15 is 0 Å². The normalized spacial score (nSPS) is 12.2. The fourth-order valence-electron chi connectivity index (χ4n) is 1.75. The Labute approximate surface area is 119 Å². The van der Waals surface area contributed by atoms with Gasteiger partial charge in [0.2, 0.25) is 0 Å². The number of nitrogens with zero attached hydrogens (tertiary/aromatic N) is 1. The molecule has 0 amide bonds. The average molecular weight is 288 g/mol. The molecule has 1 N–H and O–H groups in total. The Kier molecular flexibility index (Phi) is 6.33. The van der Waals surface area contributed by atoms with E-state index in [1.165, 1.54) is 12.1 Å². The Bertz CT molecular complexity index is 385. The number of benzene rings is 1. The Hall–Kier alpha value is -1.23. The second-order valence-corrected chi connectivity index (χ2v) is 5.28. The highest BCUT2D eigenvalue weighted by atomic mass is 19.4. The molecule has 0 saturated heterocycles. The number of alkyl halides is 3. The first kappa shape index (κ1) is 16.8. The Balaban J connectivity index is 2.26. The van der Waals surface area contributed by atoms with Crippen molar-refractivity contribution in [3.63, 3.8) is 0 Å². The lowest BCUT2D eigenvalue weighted by Gasteiger charge is -2.20. The second kappa shape index (κ2) is 7.53. The number of hydrogen-bond acceptors (Lipinski definition) is 2. The van der Waals surface area contributed by atoms with Gasteiger partial charge in [0.1, 0.15) is 0 Å². The third-order valence-electron chi connectivity index (χ3n) is 3.36.